The molecule has 1 atom stereocenters. The van der Waals surface area contributed by atoms with Crippen LogP contribution in [-0.4, -0.2) is 25.3 Å². The first kappa shape index (κ1) is 8.35. The molecular weight excluding hydrogens is 122 g/mol. The molecular formula is C4H11N3O2. The van der Waals surface area contributed by atoms with Gasteiger partial charge in [-0.1, -0.05) is 0 Å². The van der Waals surface area contributed by atoms with E-state index in [9.17, 15) is 4.79 Å². The zero-order valence-electron chi connectivity index (χ0n) is 5.20. The number of nitrogens with two attached hydrogens (primary N) is 3. The number of methoxy groups -OCH3 is 1. The van der Waals surface area contributed by atoms with Crippen molar-refractivity contribution in [2.45, 2.75) is 12.2 Å². The molecule has 0 heterocycles. The molecule has 54 valence electrons. The molecule has 0 saturated heterocycles. The SMILES string of the molecule is COC(=O)C(N)C(N)N. The van der Waals surface area contributed by atoms with Crippen molar-refractivity contribution >= 4 is 5.97 Å². The second-order valence-corrected chi connectivity index (χ2v) is 1.63. The van der Waals surface area contributed by atoms with Gasteiger partial charge in [-0.25, -0.2) is 0 Å². The molecule has 5 nitrogen and oxygen atoms in total. The number of rotatable bonds is 2. The Labute approximate surface area is 53.1 Å². The smallest absolute Gasteiger partial charge is 0.325 e. The van der Waals surface area contributed by atoms with E-state index in [1.807, 2.05) is 0 Å². The van der Waals surface area contributed by atoms with Gasteiger partial charge in [0, 0.05) is 0 Å². The molecule has 9 heavy (non-hydrogen) atoms. The first-order valence-electron chi connectivity index (χ1n) is 2.44. The van der Waals surface area contributed by atoms with Crippen LogP contribution in [0.25, 0.3) is 0 Å². The Hall–Kier alpha value is -0.650. The fourth-order valence-electron chi connectivity index (χ4n) is 0.293. The van der Waals surface area contributed by atoms with Gasteiger partial charge in [-0.2, -0.15) is 0 Å². The highest BCUT2D eigenvalue weighted by Crippen LogP contribution is 1.82. The highest BCUT2D eigenvalue weighted by molar-refractivity contribution is 5.76. The topological polar surface area (TPSA) is 104 Å². The molecule has 0 aromatic rings. The van der Waals surface area contributed by atoms with Crippen LogP contribution in [0, 0.1) is 0 Å². The van der Waals surface area contributed by atoms with Gasteiger partial charge < -0.3 is 21.9 Å². The van der Waals surface area contributed by atoms with Gasteiger partial charge in [0.2, 0.25) is 0 Å². The van der Waals surface area contributed by atoms with Crippen molar-refractivity contribution in [3.8, 4) is 0 Å². The van der Waals surface area contributed by atoms with Gasteiger partial charge in [0.15, 0.2) is 0 Å². The lowest BCUT2D eigenvalue weighted by Gasteiger charge is -2.11. The first-order valence-corrected chi connectivity index (χ1v) is 2.44. The monoisotopic (exact) mass is 133 g/mol. The predicted molar refractivity (Wildman–Crippen MR) is 32.2 cm³/mol. The van der Waals surface area contributed by atoms with E-state index in [2.05, 4.69) is 4.74 Å². The zero-order valence-corrected chi connectivity index (χ0v) is 5.20. The number of hydrogen-bond acceptors (Lipinski definition) is 5. The van der Waals surface area contributed by atoms with Crippen LogP contribution in [0.4, 0.5) is 0 Å². The molecule has 0 rings (SSSR count). The highest BCUT2D eigenvalue weighted by Gasteiger charge is 2.17. The van der Waals surface area contributed by atoms with Crippen LogP contribution < -0.4 is 17.2 Å². The van der Waals surface area contributed by atoms with E-state index in [0.29, 0.717) is 0 Å². The Balaban J connectivity index is 3.72. The van der Waals surface area contributed by atoms with E-state index in [1.54, 1.807) is 0 Å². The Bertz CT molecular complexity index is 104. The average Bonchev–Trinajstić information content (AvgIpc) is 1.84. The second-order valence-electron chi connectivity index (χ2n) is 1.63. The van der Waals surface area contributed by atoms with Crippen LogP contribution in [0.2, 0.25) is 0 Å². The van der Waals surface area contributed by atoms with E-state index in [4.69, 9.17) is 17.2 Å². The molecule has 0 radical (unpaired) electrons. The van der Waals surface area contributed by atoms with Crippen molar-refractivity contribution in [3.05, 3.63) is 0 Å². The number of carbonyl (C=O) groups excluding carboxylic acids is 1. The highest BCUT2D eigenvalue weighted by atomic mass is 16.5. The van der Waals surface area contributed by atoms with Crippen molar-refractivity contribution < 1.29 is 9.53 Å². The lowest BCUT2D eigenvalue weighted by molar-refractivity contribution is -0.142. The Kier molecular flexibility index (Phi) is 3.15. The van der Waals surface area contributed by atoms with Crippen LogP contribution in [0.15, 0.2) is 0 Å². The minimum Gasteiger partial charge on any atom is -0.468 e. The van der Waals surface area contributed by atoms with Crippen molar-refractivity contribution in [1.29, 1.82) is 0 Å². The Morgan fingerprint density at radius 1 is 1.44 bits per heavy atom. The summed E-state index contributed by atoms with van der Waals surface area (Å²) in [6.07, 6.45) is -0.850. The number of hydrogen-bond donors (Lipinski definition) is 3. The molecule has 0 aromatic carbocycles. The molecule has 1 unspecified atom stereocenters. The predicted octanol–water partition coefficient (Wildman–Crippen LogP) is -2.27. The fraction of sp³-hybridized carbons (Fsp3) is 0.750. The molecule has 0 amide bonds. The summed E-state index contributed by atoms with van der Waals surface area (Å²) in [5.41, 5.74) is 15.3. The van der Waals surface area contributed by atoms with Crippen LogP contribution in [0.1, 0.15) is 0 Å². The quantitative estimate of drug-likeness (QED) is 0.291. The average molecular weight is 133 g/mol. The van der Waals surface area contributed by atoms with E-state index >= 15 is 0 Å². The van der Waals surface area contributed by atoms with E-state index in [1.165, 1.54) is 7.11 Å². The molecule has 0 aliphatic heterocycles. The zero-order chi connectivity index (χ0) is 7.44. The van der Waals surface area contributed by atoms with Crippen molar-refractivity contribution in [1.82, 2.24) is 0 Å². The van der Waals surface area contributed by atoms with Crippen molar-refractivity contribution in [2.24, 2.45) is 17.2 Å². The minimum atomic E-state index is -0.921. The van der Waals surface area contributed by atoms with Crippen molar-refractivity contribution in [3.63, 3.8) is 0 Å². The van der Waals surface area contributed by atoms with Gasteiger partial charge in [0.05, 0.1) is 13.3 Å². The normalized spacial score (nSPS) is 13.4. The van der Waals surface area contributed by atoms with Gasteiger partial charge in [0.1, 0.15) is 6.04 Å². The number of ether oxygens (including phenoxy) is 1. The van der Waals surface area contributed by atoms with E-state index < -0.39 is 18.2 Å². The maximum Gasteiger partial charge on any atom is 0.325 e. The molecule has 6 N–H and O–H groups in total. The Morgan fingerprint density at radius 2 is 1.89 bits per heavy atom. The third kappa shape index (κ3) is 2.41. The summed E-state index contributed by atoms with van der Waals surface area (Å²) >= 11 is 0. The third-order valence-corrected chi connectivity index (χ3v) is 0.888. The summed E-state index contributed by atoms with van der Waals surface area (Å²) in [6, 6.07) is -0.921. The molecule has 0 aliphatic carbocycles. The first-order chi connectivity index (χ1) is 4.09. The minimum absolute atomic E-state index is 0.593. The Morgan fingerprint density at radius 3 is 2.00 bits per heavy atom. The van der Waals surface area contributed by atoms with Gasteiger partial charge >= 0.3 is 5.97 Å². The summed E-state index contributed by atoms with van der Waals surface area (Å²) in [5, 5.41) is 0. The summed E-state index contributed by atoms with van der Waals surface area (Å²) in [4.78, 5) is 10.4. The van der Waals surface area contributed by atoms with Crippen LogP contribution in [-0.2, 0) is 9.53 Å². The maximum atomic E-state index is 10.4. The summed E-state index contributed by atoms with van der Waals surface area (Å²) in [7, 11) is 1.23. The summed E-state index contributed by atoms with van der Waals surface area (Å²) in [6.45, 7) is 0. The standard InChI is InChI=1S/C4H11N3O2/c1-9-4(8)2(5)3(6)7/h2-3H,5-7H2,1H3. The van der Waals surface area contributed by atoms with Crippen LogP contribution in [0.3, 0.4) is 0 Å². The van der Waals surface area contributed by atoms with E-state index in [-0.39, 0.29) is 0 Å². The van der Waals surface area contributed by atoms with Crippen LogP contribution in [0.5, 0.6) is 0 Å². The summed E-state index contributed by atoms with van der Waals surface area (Å²) in [5.74, 6) is -0.593. The molecule has 0 saturated carbocycles. The van der Waals surface area contributed by atoms with Crippen molar-refractivity contribution in [2.75, 3.05) is 7.11 Å². The largest absolute Gasteiger partial charge is 0.468 e. The number of esters is 1. The second kappa shape index (κ2) is 3.39. The summed E-state index contributed by atoms with van der Waals surface area (Å²) < 4.78 is 4.25. The van der Waals surface area contributed by atoms with Gasteiger partial charge in [-0.3, -0.25) is 4.79 Å². The van der Waals surface area contributed by atoms with Gasteiger partial charge in [-0.05, 0) is 0 Å². The molecule has 0 fully saturated rings. The molecule has 0 aliphatic rings. The van der Waals surface area contributed by atoms with Gasteiger partial charge in [-0.15, -0.1) is 0 Å². The van der Waals surface area contributed by atoms with E-state index in [0.717, 1.165) is 0 Å². The number of carbonyl (C=O) groups is 1. The van der Waals surface area contributed by atoms with Crippen LogP contribution >= 0.6 is 0 Å². The maximum absolute atomic E-state index is 10.4. The fourth-order valence-corrected chi connectivity index (χ4v) is 0.293. The lowest BCUT2D eigenvalue weighted by atomic mass is 10.3. The third-order valence-electron chi connectivity index (χ3n) is 0.888. The molecule has 0 aromatic heterocycles. The van der Waals surface area contributed by atoms with Gasteiger partial charge in [0.25, 0.3) is 0 Å². The molecule has 0 bridgehead atoms. The molecule has 5 heteroatoms. The molecule has 0 spiro atoms. The lowest BCUT2D eigenvalue weighted by Crippen LogP contribution is -2.52.